The minimum absolute atomic E-state index is 0.493. The molecule has 4 heteroatoms. The predicted molar refractivity (Wildman–Crippen MR) is 68.2 cm³/mol. The molecule has 1 rings (SSSR count). The first-order valence-corrected chi connectivity index (χ1v) is 6.48. The molecule has 0 amide bonds. The second-order valence-electron chi connectivity index (χ2n) is 3.43. The number of hydrogen-bond donors (Lipinski definition) is 1. The van der Waals surface area contributed by atoms with Crippen LogP contribution in [-0.2, 0) is 6.54 Å². The molecule has 0 aromatic carbocycles. The third kappa shape index (κ3) is 4.96. The van der Waals surface area contributed by atoms with Gasteiger partial charge in [0.15, 0.2) is 0 Å². The smallest absolute Gasteiger partial charge is 0.0542 e. The van der Waals surface area contributed by atoms with E-state index in [4.69, 9.17) is 11.6 Å². The Kier molecular flexibility index (Phi) is 6.22. The van der Waals surface area contributed by atoms with E-state index in [2.05, 4.69) is 33.2 Å². The Morgan fingerprint density at radius 3 is 2.87 bits per heavy atom. The normalized spacial score (nSPS) is 12.7. The Balaban J connectivity index is 2.38. The van der Waals surface area contributed by atoms with Crippen molar-refractivity contribution in [2.24, 2.45) is 0 Å². The molecule has 1 N–H and O–H groups in total. The molecule has 0 saturated carbocycles. The van der Waals surface area contributed by atoms with Crippen LogP contribution in [0.3, 0.4) is 0 Å². The summed E-state index contributed by atoms with van der Waals surface area (Å²) in [5, 5.41) is 3.44. The maximum atomic E-state index is 5.72. The second-order valence-corrected chi connectivity index (χ2v) is 4.73. The zero-order valence-corrected chi connectivity index (χ0v) is 11.2. The Morgan fingerprint density at radius 1 is 1.53 bits per heavy atom. The number of rotatable bonds is 6. The first-order valence-electron chi connectivity index (χ1n) is 5.16. The average Bonchev–Trinajstić information content (AvgIpc) is 2.26. The minimum Gasteiger partial charge on any atom is -0.308 e. The van der Waals surface area contributed by atoms with Crippen molar-refractivity contribution in [2.75, 3.05) is 5.88 Å². The van der Waals surface area contributed by atoms with Crippen LogP contribution in [0.1, 0.15) is 25.5 Å². The van der Waals surface area contributed by atoms with Gasteiger partial charge < -0.3 is 5.32 Å². The highest BCUT2D eigenvalue weighted by Gasteiger charge is 2.04. The maximum Gasteiger partial charge on any atom is 0.0542 e. The molecule has 0 saturated heterocycles. The van der Waals surface area contributed by atoms with Gasteiger partial charge >= 0.3 is 0 Å². The van der Waals surface area contributed by atoms with E-state index in [1.165, 1.54) is 0 Å². The molecule has 1 unspecified atom stereocenters. The molecular formula is C11H16BrClN2. The van der Waals surface area contributed by atoms with Crippen LogP contribution in [0.4, 0.5) is 0 Å². The number of aromatic nitrogens is 1. The zero-order chi connectivity index (χ0) is 11.1. The fourth-order valence-corrected chi connectivity index (χ4v) is 1.84. The van der Waals surface area contributed by atoms with E-state index in [1.54, 1.807) is 0 Å². The third-order valence-electron chi connectivity index (χ3n) is 2.31. The Labute approximate surface area is 105 Å². The van der Waals surface area contributed by atoms with Gasteiger partial charge in [-0.25, -0.2) is 0 Å². The van der Waals surface area contributed by atoms with Crippen molar-refractivity contribution in [3.63, 3.8) is 0 Å². The van der Waals surface area contributed by atoms with Crippen molar-refractivity contribution in [3.8, 4) is 0 Å². The summed E-state index contributed by atoms with van der Waals surface area (Å²) in [4.78, 5) is 4.30. The van der Waals surface area contributed by atoms with Gasteiger partial charge in [-0.1, -0.05) is 6.92 Å². The van der Waals surface area contributed by atoms with Crippen molar-refractivity contribution in [1.82, 2.24) is 10.3 Å². The largest absolute Gasteiger partial charge is 0.308 e. The molecule has 0 spiro atoms. The Hall–Kier alpha value is -0.120. The van der Waals surface area contributed by atoms with E-state index < -0.39 is 0 Å². The van der Waals surface area contributed by atoms with Gasteiger partial charge in [0.1, 0.15) is 0 Å². The van der Waals surface area contributed by atoms with Crippen LogP contribution >= 0.6 is 27.5 Å². The fraction of sp³-hybridized carbons (Fsp3) is 0.545. The summed E-state index contributed by atoms with van der Waals surface area (Å²) in [7, 11) is 0. The molecule has 0 radical (unpaired) electrons. The Morgan fingerprint density at radius 2 is 2.33 bits per heavy atom. The Bertz CT molecular complexity index is 276. The number of alkyl halides is 1. The first-order chi connectivity index (χ1) is 7.26. The summed E-state index contributed by atoms with van der Waals surface area (Å²) in [5.41, 5.74) is 1.06. The molecule has 84 valence electrons. The lowest BCUT2D eigenvalue weighted by Crippen LogP contribution is -2.28. The van der Waals surface area contributed by atoms with Crippen LogP contribution in [-0.4, -0.2) is 16.9 Å². The molecule has 0 aliphatic rings. The van der Waals surface area contributed by atoms with Crippen LogP contribution < -0.4 is 5.32 Å². The number of nitrogens with one attached hydrogen (secondary N) is 1. The summed E-state index contributed by atoms with van der Waals surface area (Å²) in [6.45, 7) is 2.97. The van der Waals surface area contributed by atoms with Crippen molar-refractivity contribution in [1.29, 1.82) is 0 Å². The first kappa shape index (κ1) is 12.9. The van der Waals surface area contributed by atoms with Gasteiger partial charge in [0.2, 0.25) is 0 Å². The molecule has 1 aromatic heterocycles. The third-order valence-corrected chi connectivity index (χ3v) is 3.00. The quantitative estimate of drug-likeness (QED) is 0.813. The molecule has 1 atom stereocenters. The lowest BCUT2D eigenvalue weighted by atomic mass is 10.1. The fourth-order valence-electron chi connectivity index (χ4n) is 1.34. The topological polar surface area (TPSA) is 24.9 Å². The van der Waals surface area contributed by atoms with Gasteiger partial charge in [-0.3, -0.25) is 4.98 Å². The monoisotopic (exact) mass is 290 g/mol. The summed E-state index contributed by atoms with van der Waals surface area (Å²) < 4.78 is 1.01. The second kappa shape index (κ2) is 7.20. The van der Waals surface area contributed by atoms with Gasteiger partial charge in [-0.2, -0.15) is 0 Å². The summed E-state index contributed by atoms with van der Waals surface area (Å²) in [6, 6.07) is 4.52. The number of hydrogen-bond acceptors (Lipinski definition) is 2. The highest BCUT2D eigenvalue weighted by atomic mass is 79.9. The molecule has 0 aliphatic heterocycles. The number of nitrogens with zero attached hydrogens (tertiary/aromatic N) is 1. The zero-order valence-electron chi connectivity index (χ0n) is 8.84. The number of halogens is 2. The molecule has 1 heterocycles. The van der Waals surface area contributed by atoms with Crippen LogP contribution in [0, 0.1) is 0 Å². The molecular weight excluding hydrogens is 275 g/mol. The van der Waals surface area contributed by atoms with Crippen LogP contribution in [0.25, 0.3) is 0 Å². The highest BCUT2D eigenvalue weighted by molar-refractivity contribution is 9.10. The molecule has 1 aromatic rings. The van der Waals surface area contributed by atoms with E-state index in [9.17, 15) is 0 Å². The molecule has 0 aliphatic carbocycles. The lowest BCUT2D eigenvalue weighted by molar-refractivity contribution is 0.482. The van der Waals surface area contributed by atoms with Gasteiger partial charge in [0.25, 0.3) is 0 Å². The molecule has 2 nitrogen and oxygen atoms in total. The van der Waals surface area contributed by atoms with E-state index >= 15 is 0 Å². The van der Waals surface area contributed by atoms with Crippen LogP contribution in [0.5, 0.6) is 0 Å². The summed E-state index contributed by atoms with van der Waals surface area (Å²) in [6.07, 6.45) is 3.93. The SMILES string of the molecule is CCC(CCCl)NCc1ccc(Br)cn1. The van der Waals surface area contributed by atoms with Gasteiger partial charge in [-0.15, -0.1) is 11.6 Å². The van der Waals surface area contributed by atoms with E-state index in [-0.39, 0.29) is 0 Å². The summed E-state index contributed by atoms with van der Waals surface area (Å²) in [5.74, 6) is 0.708. The summed E-state index contributed by atoms with van der Waals surface area (Å²) >= 11 is 9.08. The van der Waals surface area contributed by atoms with Gasteiger partial charge in [0, 0.05) is 29.1 Å². The molecule has 15 heavy (non-hydrogen) atoms. The minimum atomic E-state index is 0.493. The highest BCUT2D eigenvalue weighted by Crippen LogP contribution is 2.08. The van der Waals surface area contributed by atoms with Crippen molar-refractivity contribution < 1.29 is 0 Å². The van der Waals surface area contributed by atoms with E-state index in [0.29, 0.717) is 11.9 Å². The predicted octanol–water partition coefficient (Wildman–Crippen LogP) is 3.34. The van der Waals surface area contributed by atoms with E-state index in [1.807, 2.05) is 18.3 Å². The van der Waals surface area contributed by atoms with Gasteiger partial charge in [-0.05, 0) is 40.9 Å². The molecule has 0 bridgehead atoms. The average molecular weight is 292 g/mol. The van der Waals surface area contributed by atoms with E-state index in [0.717, 1.165) is 29.6 Å². The van der Waals surface area contributed by atoms with Crippen molar-refractivity contribution in [2.45, 2.75) is 32.4 Å². The van der Waals surface area contributed by atoms with Gasteiger partial charge in [0.05, 0.1) is 5.69 Å². The van der Waals surface area contributed by atoms with Crippen molar-refractivity contribution in [3.05, 3.63) is 28.5 Å². The van der Waals surface area contributed by atoms with Crippen molar-refractivity contribution >= 4 is 27.5 Å². The van der Waals surface area contributed by atoms with Crippen LogP contribution in [0.2, 0.25) is 0 Å². The number of pyridine rings is 1. The lowest BCUT2D eigenvalue weighted by Gasteiger charge is -2.14. The standard InChI is InChI=1S/C11H16BrClN2/c1-2-10(5-6-13)15-8-11-4-3-9(12)7-14-11/h3-4,7,10,15H,2,5-6,8H2,1H3. The maximum absolute atomic E-state index is 5.72. The van der Waals surface area contributed by atoms with Crippen LogP contribution in [0.15, 0.2) is 22.8 Å². The molecule has 0 fully saturated rings.